The summed E-state index contributed by atoms with van der Waals surface area (Å²) in [5.74, 6) is 1.60. The number of rotatable bonds is 3. The molecule has 1 unspecified atom stereocenters. The molecule has 1 atom stereocenters. The fourth-order valence-corrected chi connectivity index (χ4v) is 4.20. The zero-order chi connectivity index (χ0) is 16.4. The summed E-state index contributed by atoms with van der Waals surface area (Å²) in [5, 5.41) is 0. The Morgan fingerprint density at radius 3 is 2.71 bits per heavy atom. The topological polar surface area (TPSA) is 50.7 Å². The number of hydrogen-bond donors (Lipinski definition) is 0. The van der Waals surface area contributed by atoms with E-state index in [4.69, 9.17) is 14.5 Å². The molecule has 3 aliphatic rings. The zero-order valence-corrected chi connectivity index (χ0v) is 14.6. The standard InChI is InChI=1S/C18H28N4O2/c1-2-15-5-3-4-10-22(15)17-19-9-6-16(20-17)21-11-7-18(8-12-21)23-13-14-24-18/h6,9,15H,2-5,7-8,10-14H2,1H3. The van der Waals surface area contributed by atoms with Crippen LogP contribution >= 0.6 is 0 Å². The molecule has 0 amide bonds. The smallest absolute Gasteiger partial charge is 0.227 e. The van der Waals surface area contributed by atoms with E-state index < -0.39 is 0 Å². The van der Waals surface area contributed by atoms with Crippen LogP contribution in [0, 0.1) is 0 Å². The number of aromatic nitrogens is 2. The molecule has 3 fully saturated rings. The van der Waals surface area contributed by atoms with Gasteiger partial charge in [-0.2, -0.15) is 4.98 Å². The van der Waals surface area contributed by atoms with Gasteiger partial charge in [0.25, 0.3) is 0 Å². The van der Waals surface area contributed by atoms with E-state index in [1.807, 2.05) is 12.3 Å². The number of ether oxygens (including phenoxy) is 2. The Balaban J connectivity index is 1.47. The molecule has 1 aromatic rings. The van der Waals surface area contributed by atoms with Crippen LogP contribution in [0.4, 0.5) is 11.8 Å². The maximum absolute atomic E-state index is 5.82. The molecule has 0 bridgehead atoms. The summed E-state index contributed by atoms with van der Waals surface area (Å²) < 4.78 is 11.6. The normalized spacial score (nSPS) is 27.0. The molecule has 3 aliphatic heterocycles. The Labute approximate surface area is 144 Å². The molecule has 0 aliphatic carbocycles. The van der Waals surface area contributed by atoms with Crippen molar-refractivity contribution >= 4 is 11.8 Å². The third-order valence-electron chi connectivity index (χ3n) is 5.65. The summed E-state index contributed by atoms with van der Waals surface area (Å²) >= 11 is 0. The monoisotopic (exact) mass is 332 g/mol. The van der Waals surface area contributed by atoms with Gasteiger partial charge in [0.1, 0.15) is 5.82 Å². The second-order valence-electron chi connectivity index (χ2n) is 7.06. The van der Waals surface area contributed by atoms with Gasteiger partial charge in [-0.1, -0.05) is 6.92 Å². The highest BCUT2D eigenvalue weighted by Crippen LogP contribution is 2.33. The van der Waals surface area contributed by atoms with Crippen molar-refractivity contribution in [2.45, 2.75) is 57.3 Å². The quantitative estimate of drug-likeness (QED) is 0.848. The van der Waals surface area contributed by atoms with Gasteiger partial charge in [-0.25, -0.2) is 4.98 Å². The molecule has 4 rings (SSSR count). The van der Waals surface area contributed by atoms with Crippen molar-refractivity contribution in [2.24, 2.45) is 0 Å². The molecule has 3 saturated heterocycles. The van der Waals surface area contributed by atoms with Gasteiger partial charge in [0, 0.05) is 44.7 Å². The molecule has 6 heteroatoms. The number of nitrogens with zero attached hydrogens (tertiary/aromatic N) is 4. The van der Waals surface area contributed by atoms with Crippen LogP contribution in [0.25, 0.3) is 0 Å². The van der Waals surface area contributed by atoms with Crippen LogP contribution in [0.5, 0.6) is 0 Å². The average Bonchev–Trinajstić information content (AvgIpc) is 3.10. The highest BCUT2D eigenvalue weighted by atomic mass is 16.7. The van der Waals surface area contributed by atoms with E-state index in [9.17, 15) is 0 Å². The maximum Gasteiger partial charge on any atom is 0.227 e. The van der Waals surface area contributed by atoms with Gasteiger partial charge in [0.05, 0.1) is 13.2 Å². The Bertz CT molecular complexity index is 552. The lowest BCUT2D eigenvalue weighted by Gasteiger charge is -2.39. The molecule has 0 radical (unpaired) electrons. The predicted octanol–water partition coefficient (Wildman–Crippen LogP) is 2.59. The lowest BCUT2D eigenvalue weighted by atomic mass is 10.0. The van der Waals surface area contributed by atoms with Crippen LogP contribution in [0.3, 0.4) is 0 Å². The second kappa shape index (κ2) is 6.84. The number of piperidine rings is 2. The van der Waals surface area contributed by atoms with Crippen LogP contribution in [-0.4, -0.2) is 54.6 Å². The Morgan fingerprint density at radius 1 is 1.17 bits per heavy atom. The molecule has 24 heavy (non-hydrogen) atoms. The lowest BCUT2D eigenvalue weighted by Crippen LogP contribution is -2.45. The van der Waals surface area contributed by atoms with E-state index >= 15 is 0 Å². The first kappa shape index (κ1) is 16.1. The molecule has 0 N–H and O–H groups in total. The van der Waals surface area contributed by atoms with Gasteiger partial charge in [0.2, 0.25) is 5.95 Å². The van der Waals surface area contributed by atoms with Crippen molar-refractivity contribution < 1.29 is 9.47 Å². The van der Waals surface area contributed by atoms with E-state index in [0.29, 0.717) is 6.04 Å². The summed E-state index contributed by atoms with van der Waals surface area (Å²) in [6.45, 7) is 6.64. The van der Waals surface area contributed by atoms with Crippen LogP contribution in [0.15, 0.2) is 12.3 Å². The van der Waals surface area contributed by atoms with Crippen molar-refractivity contribution in [3.63, 3.8) is 0 Å². The van der Waals surface area contributed by atoms with Crippen molar-refractivity contribution in [3.8, 4) is 0 Å². The molecule has 0 saturated carbocycles. The van der Waals surface area contributed by atoms with E-state index in [1.165, 1.54) is 19.3 Å². The maximum atomic E-state index is 5.82. The third-order valence-corrected chi connectivity index (χ3v) is 5.65. The van der Waals surface area contributed by atoms with Gasteiger partial charge in [0.15, 0.2) is 5.79 Å². The Kier molecular flexibility index (Phi) is 4.59. The fourth-order valence-electron chi connectivity index (χ4n) is 4.20. The van der Waals surface area contributed by atoms with E-state index in [1.54, 1.807) is 0 Å². The van der Waals surface area contributed by atoms with Crippen LogP contribution in [0.2, 0.25) is 0 Å². The first-order valence-electron chi connectivity index (χ1n) is 9.42. The largest absolute Gasteiger partial charge is 0.356 e. The Hall–Kier alpha value is -1.40. The lowest BCUT2D eigenvalue weighted by molar-refractivity contribution is -0.169. The van der Waals surface area contributed by atoms with Crippen molar-refractivity contribution in [2.75, 3.05) is 42.6 Å². The molecule has 132 valence electrons. The molecule has 6 nitrogen and oxygen atoms in total. The van der Waals surface area contributed by atoms with Crippen LogP contribution in [0.1, 0.15) is 45.4 Å². The van der Waals surface area contributed by atoms with Gasteiger partial charge in [-0.3, -0.25) is 0 Å². The molecule has 4 heterocycles. The van der Waals surface area contributed by atoms with Crippen LogP contribution < -0.4 is 9.80 Å². The highest BCUT2D eigenvalue weighted by Gasteiger charge is 2.40. The first-order valence-corrected chi connectivity index (χ1v) is 9.42. The minimum atomic E-state index is -0.327. The number of hydrogen-bond acceptors (Lipinski definition) is 6. The van der Waals surface area contributed by atoms with Crippen molar-refractivity contribution in [1.82, 2.24) is 9.97 Å². The molecular formula is C18H28N4O2. The van der Waals surface area contributed by atoms with E-state index in [2.05, 4.69) is 21.7 Å². The average molecular weight is 332 g/mol. The molecule has 1 aromatic heterocycles. The fraction of sp³-hybridized carbons (Fsp3) is 0.778. The summed E-state index contributed by atoms with van der Waals surface area (Å²) in [6, 6.07) is 2.61. The van der Waals surface area contributed by atoms with Gasteiger partial charge < -0.3 is 19.3 Å². The van der Waals surface area contributed by atoms with Gasteiger partial charge in [-0.05, 0) is 31.7 Å². The summed E-state index contributed by atoms with van der Waals surface area (Å²) in [4.78, 5) is 14.2. The second-order valence-corrected chi connectivity index (χ2v) is 7.06. The van der Waals surface area contributed by atoms with E-state index in [-0.39, 0.29) is 5.79 Å². The number of anilines is 2. The van der Waals surface area contributed by atoms with Crippen molar-refractivity contribution in [1.29, 1.82) is 0 Å². The minimum absolute atomic E-state index is 0.327. The molecular weight excluding hydrogens is 304 g/mol. The van der Waals surface area contributed by atoms with Gasteiger partial charge >= 0.3 is 0 Å². The molecule has 1 spiro atoms. The SMILES string of the molecule is CCC1CCCCN1c1nccc(N2CCC3(CC2)OCCO3)n1. The van der Waals surface area contributed by atoms with Gasteiger partial charge in [-0.15, -0.1) is 0 Å². The summed E-state index contributed by atoms with van der Waals surface area (Å²) in [6.07, 6.45) is 8.71. The summed E-state index contributed by atoms with van der Waals surface area (Å²) in [5.41, 5.74) is 0. The van der Waals surface area contributed by atoms with E-state index in [0.717, 1.165) is 63.9 Å². The third kappa shape index (κ3) is 3.09. The predicted molar refractivity (Wildman–Crippen MR) is 93.4 cm³/mol. The highest BCUT2D eigenvalue weighted by molar-refractivity contribution is 5.45. The van der Waals surface area contributed by atoms with Crippen LogP contribution in [-0.2, 0) is 9.47 Å². The summed E-state index contributed by atoms with van der Waals surface area (Å²) in [7, 11) is 0. The first-order chi connectivity index (χ1) is 11.8. The minimum Gasteiger partial charge on any atom is -0.356 e. The molecule has 0 aromatic carbocycles. The Morgan fingerprint density at radius 2 is 1.96 bits per heavy atom. The van der Waals surface area contributed by atoms with Crippen molar-refractivity contribution in [3.05, 3.63) is 12.3 Å². The zero-order valence-electron chi connectivity index (χ0n) is 14.6.